The number of aryl methyl sites for hydroxylation is 1. The van der Waals surface area contributed by atoms with Crippen LogP contribution in [-0.2, 0) is 16.4 Å². The van der Waals surface area contributed by atoms with Gasteiger partial charge in [0, 0.05) is 25.7 Å². The molecule has 0 heterocycles. The van der Waals surface area contributed by atoms with E-state index in [2.05, 4.69) is 5.32 Å². The van der Waals surface area contributed by atoms with E-state index in [9.17, 15) is 22.7 Å². The average Bonchev–Trinajstić information content (AvgIpc) is 2.85. The van der Waals surface area contributed by atoms with Gasteiger partial charge in [0.25, 0.3) is 0 Å². The van der Waals surface area contributed by atoms with Crippen LogP contribution in [-0.4, -0.2) is 60.7 Å². The lowest BCUT2D eigenvalue weighted by molar-refractivity contribution is 0.0697. The molecule has 0 aliphatic carbocycles. The van der Waals surface area contributed by atoms with E-state index in [1.54, 1.807) is 37.3 Å². The Morgan fingerprint density at radius 1 is 1.05 bits per heavy atom. The van der Waals surface area contributed by atoms with E-state index >= 15 is 0 Å². The van der Waals surface area contributed by atoms with Crippen LogP contribution in [0.15, 0.2) is 71.6 Å². The van der Waals surface area contributed by atoms with Crippen LogP contribution in [0, 0.1) is 12.7 Å². The van der Waals surface area contributed by atoms with Gasteiger partial charge < -0.3 is 15.5 Å². The Labute approximate surface area is 217 Å². The fraction of sp³-hybridized carbons (Fsp3) is 0.321. The fourth-order valence-corrected chi connectivity index (χ4v) is 5.25. The lowest BCUT2D eigenvalue weighted by atomic mass is 9.94. The Balaban J connectivity index is 1.63. The number of rotatable bonds is 11. The third kappa shape index (κ3) is 7.45. The minimum absolute atomic E-state index is 0.0664. The molecule has 0 spiro atoms. The molecule has 0 bridgehead atoms. The van der Waals surface area contributed by atoms with Crippen molar-refractivity contribution >= 4 is 16.0 Å². The molecule has 0 aliphatic rings. The van der Waals surface area contributed by atoms with E-state index in [-0.39, 0.29) is 29.4 Å². The van der Waals surface area contributed by atoms with Crippen LogP contribution < -0.4 is 5.32 Å². The summed E-state index contributed by atoms with van der Waals surface area (Å²) < 4.78 is 41.3. The molecule has 0 radical (unpaired) electrons. The molecule has 3 aromatic rings. The van der Waals surface area contributed by atoms with Gasteiger partial charge in [0.2, 0.25) is 10.0 Å². The predicted octanol–water partition coefficient (Wildman–Crippen LogP) is 4.09. The zero-order valence-corrected chi connectivity index (χ0v) is 22.2. The summed E-state index contributed by atoms with van der Waals surface area (Å²) in [6.07, 6.45) is -0.439. The van der Waals surface area contributed by atoms with E-state index in [1.165, 1.54) is 37.4 Å². The summed E-state index contributed by atoms with van der Waals surface area (Å²) in [5, 5.41) is 22.9. The number of aromatic carboxylic acids is 1. The Kier molecular flexibility index (Phi) is 8.86. The first-order valence-corrected chi connectivity index (χ1v) is 13.3. The molecular weight excluding hydrogens is 495 g/mol. The van der Waals surface area contributed by atoms with Crippen LogP contribution >= 0.6 is 0 Å². The number of carboxylic acid groups (broad SMARTS) is 1. The smallest absolute Gasteiger partial charge is 0.335 e. The Morgan fingerprint density at radius 3 is 2.35 bits per heavy atom. The van der Waals surface area contributed by atoms with E-state index < -0.39 is 27.6 Å². The molecule has 0 aromatic heterocycles. The van der Waals surface area contributed by atoms with Crippen molar-refractivity contribution < 1.29 is 27.8 Å². The van der Waals surface area contributed by atoms with Gasteiger partial charge in [0.1, 0.15) is 5.82 Å². The highest BCUT2D eigenvalue weighted by Gasteiger charge is 2.25. The fourth-order valence-electron chi connectivity index (χ4n) is 3.99. The standard InChI is InChI=1S/C28H33FN2O5S/c1-19-8-9-20(14-26(19)29)16-28(2,3)30-17-24(32)18-31(4)37(35,36)25-7-5-6-23(15-25)21-10-12-22(13-11-21)27(33)34/h5-15,24,30,32H,16-18H2,1-4H3,(H,33,34)/t24-/m0/s1. The maximum absolute atomic E-state index is 13.9. The zero-order valence-electron chi connectivity index (χ0n) is 21.4. The van der Waals surface area contributed by atoms with E-state index in [1.807, 2.05) is 19.9 Å². The summed E-state index contributed by atoms with van der Waals surface area (Å²) >= 11 is 0. The Bertz CT molecular complexity index is 1360. The number of nitrogens with one attached hydrogen (secondary N) is 1. The summed E-state index contributed by atoms with van der Waals surface area (Å²) in [5.41, 5.74) is 2.41. The number of carbonyl (C=O) groups is 1. The van der Waals surface area contributed by atoms with Crippen molar-refractivity contribution in [3.8, 4) is 11.1 Å². The van der Waals surface area contributed by atoms with Crippen LogP contribution in [0.1, 0.15) is 35.3 Å². The molecule has 3 N–H and O–H groups in total. The summed E-state index contributed by atoms with van der Waals surface area (Å²) in [6.45, 7) is 5.61. The SMILES string of the molecule is Cc1ccc(CC(C)(C)NC[C@H](O)CN(C)S(=O)(=O)c2cccc(-c3ccc(C(=O)O)cc3)c2)cc1F. The first-order valence-electron chi connectivity index (χ1n) is 11.9. The molecule has 37 heavy (non-hydrogen) atoms. The lowest BCUT2D eigenvalue weighted by Crippen LogP contribution is -2.47. The van der Waals surface area contributed by atoms with Gasteiger partial charge in [-0.3, -0.25) is 0 Å². The van der Waals surface area contributed by atoms with E-state index in [0.29, 0.717) is 23.1 Å². The first-order chi connectivity index (χ1) is 17.3. The number of halogens is 1. The second kappa shape index (κ2) is 11.5. The quantitative estimate of drug-likeness (QED) is 0.346. The van der Waals surface area contributed by atoms with Gasteiger partial charge in [-0.25, -0.2) is 17.6 Å². The second-order valence-corrected chi connectivity index (χ2v) is 11.9. The largest absolute Gasteiger partial charge is 0.478 e. The van der Waals surface area contributed by atoms with Crippen molar-refractivity contribution in [2.24, 2.45) is 0 Å². The van der Waals surface area contributed by atoms with Crippen molar-refractivity contribution in [1.82, 2.24) is 9.62 Å². The van der Waals surface area contributed by atoms with Crippen LogP contribution in [0.4, 0.5) is 4.39 Å². The topological polar surface area (TPSA) is 107 Å². The van der Waals surface area contributed by atoms with Gasteiger partial charge in [-0.15, -0.1) is 0 Å². The summed E-state index contributed by atoms with van der Waals surface area (Å²) in [6, 6.07) is 17.7. The number of β-amino-alcohol motifs (C(OH)–C–C–N with tert-alkyl or cyclic N) is 1. The number of aliphatic hydroxyl groups is 1. The number of carboxylic acids is 1. The van der Waals surface area contributed by atoms with Gasteiger partial charge in [-0.1, -0.05) is 36.4 Å². The van der Waals surface area contributed by atoms with Gasteiger partial charge in [0.15, 0.2) is 0 Å². The number of aliphatic hydroxyl groups excluding tert-OH is 1. The molecule has 0 unspecified atom stereocenters. The van der Waals surface area contributed by atoms with Crippen LogP contribution in [0.2, 0.25) is 0 Å². The summed E-state index contributed by atoms with van der Waals surface area (Å²) in [5.74, 6) is -1.30. The summed E-state index contributed by atoms with van der Waals surface area (Å²) in [7, 11) is -2.48. The normalized spacial score (nSPS) is 13.1. The zero-order chi connectivity index (χ0) is 27.4. The Morgan fingerprint density at radius 2 is 1.73 bits per heavy atom. The molecular formula is C28H33FN2O5S. The molecule has 0 saturated heterocycles. The maximum Gasteiger partial charge on any atom is 0.335 e. The molecule has 3 rings (SSSR count). The third-order valence-corrected chi connectivity index (χ3v) is 7.99. The second-order valence-electron chi connectivity index (χ2n) is 9.87. The molecule has 3 aromatic carbocycles. The monoisotopic (exact) mass is 528 g/mol. The molecule has 0 saturated carbocycles. The first kappa shape index (κ1) is 28.5. The average molecular weight is 529 g/mol. The van der Waals surface area contributed by atoms with Crippen molar-refractivity contribution in [2.75, 3.05) is 20.1 Å². The minimum Gasteiger partial charge on any atom is -0.478 e. The predicted molar refractivity (Wildman–Crippen MR) is 142 cm³/mol. The van der Waals surface area contributed by atoms with E-state index in [4.69, 9.17) is 5.11 Å². The molecule has 1 atom stereocenters. The Hall–Kier alpha value is -3.11. The van der Waals surface area contributed by atoms with Crippen molar-refractivity contribution in [1.29, 1.82) is 0 Å². The number of likely N-dealkylation sites (N-methyl/N-ethyl adjacent to an activating group) is 1. The number of benzene rings is 3. The number of hydrogen-bond donors (Lipinski definition) is 3. The third-order valence-electron chi connectivity index (χ3n) is 6.17. The molecule has 198 valence electrons. The molecule has 0 aliphatic heterocycles. The van der Waals surface area contributed by atoms with Crippen molar-refractivity contribution in [3.05, 3.63) is 89.2 Å². The molecule has 9 heteroatoms. The highest BCUT2D eigenvalue weighted by molar-refractivity contribution is 7.89. The van der Waals surface area contributed by atoms with E-state index in [0.717, 1.165) is 9.87 Å². The van der Waals surface area contributed by atoms with Crippen molar-refractivity contribution in [2.45, 2.75) is 43.7 Å². The van der Waals surface area contributed by atoms with Crippen LogP contribution in [0.25, 0.3) is 11.1 Å². The number of nitrogens with zero attached hydrogens (tertiary/aromatic N) is 1. The molecule has 0 amide bonds. The highest BCUT2D eigenvalue weighted by Crippen LogP contribution is 2.25. The van der Waals surface area contributed by atoms with Crippen LogP contribution in [0.5, 0.6) is 0 Å². The lowest BCUT2D eigenvalue weighted by Gasteiger charge is -2.29. The van der Waals surface area contributed by atoms with Crippen LogP contribution in [0.3, 0.4) is 0 Å². The highest BCUT2D eigenvalue weighted by atomic mass is 32.2. The minimum atomic E-state index is -3.89. The molecule has 7 nitrogen and oxygen atoms in total. The summed E-state index contributed by atoms with van der Waals surface area (Å²) in [4.78, 5) is 11.1. The number of hydrogen-bond acceptors (Lipinski definition) is 5. The van der Waals surface area contributed by atoms with Crippen molar-refractivity contribution in [3.63, 3.8) is 0 Å². The van der Waals surface area contributed by atoms with Gasteiger partial charge in [-0.05, 0) is 79.8 Å². The van der Waals surface area contributed by atoms with Gasteiger partial charge in [0.05, 0.1) is 16.6 Å². The van der Waals surface area contributed by atoms with Gasteiger partial charge >= 0.3 is 5.97 Å². The number of sulfonamides is 1. The van der Waals surface area contributed by atoms with Gasteiger partial charge in [-0.2, -0.15) is 4.31 Å². The maximum atomic E-state index is 13.9. The molecule has 0 fully saturated rings.